The van der Waals surface area contributed by atoms with Gasteiger partial charge in [0.25, 0.3) is 5.91 Å². The molecule has 0 unspecified atom stereocenters. The van der Waals surface area contributed by atoms with Gasteiger partial charge in [0.2, 0.25) is 0 Å². The second-order valence-corrected chi connectivity index (χ2v) is 6.67. The zero-order valence-corrected chi connectivity index (χ0v) is 16.1. The third kappa shape index (κ3) is 3.58. The van der Waals surface area contributed by atoms with Crippen LogP contribution in [0, 0.1) is 0 Å². The van der Waals surface area contributed by atoms with Crippen LogP contribution < -0.4 is 10.6 Å². The number of amides is 1. The Labute approximate surface area is 164 Å². The molecule has 5 nitrogen and oxygen atoms in total. The average Bonchev–Trinajstić information content (AvgIpc) is 3.25. The van der Waals surface area contributed by atoms with E-state index in [1.54, 1.807) is 0 Å². The summed E-state index contributed by atoms with van der Waals surface area (Å²) in [5, 5.41) is 16.2. The lowest BCUT2D eigenvalue weighted by atomic mass is 9.95. The molecule has 0 fully saturated rings. The molecule has 0 saturated heterocycles. The van der Waals surface area contributed by atoms with E-state index in [1.165, 1.54) is 11.1 Å². The molecule has 6 heteroatoms. The molecule has 0 spiro atoms. The van der Waals surface area contributed by atoms with Crippen molar-refractivity contribution in [2.24, 2.45) is 0 Å². The molecule has 2 heterocycles. The number of fused-ring (bicyclic) bond motifs is 2. The second kappa shape index (κ2) is 8.13. The van der Waals surface area contributed by atoms with Crippen molar-refractivity contribution < 1.29 is 9.90 Å². The van der Waals surface area contributed by atoms with Crippen LogP contribution in [0.1, 0.15) is 34.0 Å². The van der Waals surface area contributed by atoms with E-state index < -0.39 is 0 Å². The molecule has 0 bridgehead atoms. The number of aliphatic hydroxyl groups is 1. The normalized spacial score (nSPS) is 12.7. The maximum atomic E-state index is 12.4. The summed E-state index contributed by atoms with van der Waals surface area (Å²) in [5.41, 5.74) is 7.32. The van der Waals surface area contributed by atoms with Gasteiger partial charge in [0, 0.05) is 41.8 Å². The number of aromatic nitrogens is 1. The Balaban J connectivity index is 0.00000210. The van der Waals surface area contributed by atoms with Crippen LogP contribution in [-0.4, -0.2) is 29.1 Å². The fraction of sp³-hybridized carbons (Fsp3) is 0.286. The highest BCUT2D eigenvalue weighted by molar-refractivity contribution is 6.05. The summed E-state index contributed by atoms with van der Waals surface area (Å²) >= 11 is 0. The lowest BCUT2D eigenvalue weighted by Gasteiger charge is -2.09. The fourth-order valence-corrected chi connectivity index (χ4v) is 3.71. The van der Waals surface area contributed by atoms with Gasteiger partial charge < -0.3 is 20.7 Å². The first kappa shape index (κ1) is 19.4. The Bertz CT molecular complexity index is 981. The molecule has 0 aliphatic carbocycles. The number of carbonyl (C=O) groups excluding carboxylic acids is 1. The molecule has 0 atom stereocenters. The van der Waals surface area contributed by atoms with E-state index in [0.29, 0.717) is 13.1 Å². The van der Waals surface area contributed by atoms with E-state index in [1.807, 2.05) is 0 Å². The van der Waals surface area contributed by atoms with Crippen LogP contribution in [0.25, 0.3) is 22.2 Å². The number of halogens is 1. The van der Waals surface area contributed by atoms with E-state index in [4.69, 9.17) is 5.11 Å². The molecule has 0 radical (unpaired) electrons. The highest BCUT2D eigenvalue weighted by atomic mass is 35.5. The van der Waals surface area contributed by atoms with Crippen LogP contribution >= 0.6 is 12.4 Å². The minimum absolute atomic E-state index is 0. The summed E-state index contributed by atoms with van der Waals surface area (Å²) in [6.45, 7) is 4.18. The van der Waals surface area contributed by atoms with E-state index in [-0.39, 0.29) is 24.9 Å². The Morgan fingerprint density at radius 3 is 2.81 bits per heavy atom. The van der Waals surface area contributed by atoms with Crippen molar-refractivity contribution in [3.8, 4) is 11.3 Å². The first-order valence-corrected chi connectivity index (χ1v) is 9.07. The van der Waals surface area contributed by atoms with Crippen molar-refractivity contribution in [1.29, 1.82) is 0 Å². The van der Waals surface area contributed by atoms with Gasteiger partial charge in [0.15, 0.2) is 0 Å². The summed E-state index contributed by atoms with van der Waals surface area (Å²) < 4.78 is 0. The molecule has 1 aromatic heterocycles. The number of hydrogen-bond acceptors (Lipinski definition) is 3. The monoisotopic (exact) mass is 385 g/mol. The van der Waals surface area contributed by atoms with Crippen molar-refractivity contribution in [1.82, 2.24) is 15.6 Å². The number of hydrogen-bond donors (Lipinski definition) is 4. The van der Waals surface area contributed by atoms with E-state index in [9.17, 15) is 4.79 Å². The first-order chi connectivity index (χ1) is 12.7. The quantitative estimate of drug-likeness (QED) is 0.492. The number of aryl methyl sites for hydroxylation is 1. The topological polar surface area (TPSA) is 77.2 Å². The minimum atomic E-state index is 0. The van der Waals surface area contributed by atoms with Gasteiger partial charge >= 0.3 is 0 Å². The summed E-state index contributed by atoms with van der Waals surface area (Å²) in [7, 11) is 0. The fourth-order valence-electron chi connectivity index (χ4n) is 3.71. The second-order valence-electron chi connectivity index (χ2n) is 6.67. The van der Waals surface area contributed by atoms with Gasteiger partial charge in [0.05, 0.1) is 12.2 Å². The van der Waals surface area contributed by atoms with Crippen LogP contribution in [0.2, 0.25) is 0 Å². The molecular weight excluding hydrogens is 362 g/mol. The number of rotatable bonds is 6. The number of aliphatic hydroxyl groups excluding tert-OH is 1. The number of carbonyl (C=O) groups is 1. The summed E-state index contributed by atoms with van der Waals surface area (Å²) in [6.07, 6.45) is 0.925. The maximum absolute atomic E-state index is 12.4. The Hall–Kier alpha value is -2.34. The predicted octanol–water partition coefficient (Wildman–Crippen LogP) is 3.14. The molecule has 4 rings (SSSR count). The van der Waals surface area contributed by atoms with Gasteiger partial charge in [-0.05, 0) is 41.3 Å². The van der Waals surface area contributed by atoms with Crippen LogP contribution in [0.3, 0.4) is 0 Å². The highest BCUT2D eigenvalue weighted by Gasteiger charge is 2.25. The van der Waals surface area contributed by atoms with Crippen LogP contribution in [0.5, 0.6) is 0 Å². The number of aromatic amines is 1. The molecule has 1 amide bonds. The zero-order valence-electron chi connectivity index (χ0n) is 15.3. The minimum Gasteiger partial charge on any atom is -0.395 e. The lowest BCUT2D eigenvalue weighted by Crippen LogP contribution is -2.17. The molecule has 4 N–H and O–H groups in total. The molecule has 142 valence electrons. The maximum Gasteiger partial charge on any atom is 0.252 e. The molecular formula is C21H24ClN3O2. The number of H-pyrrole nitrogens is 1. The molecule has 27 heavy (non-hydrogen) atoms. The van der Waals surface area contributed by atoms with Crippen molar-refractivity contribution in [2.45, 2.75) is 26.4 Å². The van der Waals surface area contributed by atoms with Crippen molar-refractivity contribution in [2.75, 3.05) is 13.2 Å². The smallest absolute Gasteiger partial charge is 0.252 e. The van der Waals surface area contributed by atoms with Gasteiger partial charge in [-0.1, -0.05) is 25.1 Å². The van der Waals surface area contributed by atoms with Crippen LogP contribution in [0.4, 0.5) is 0 Å². The average molecular weight is 386 g/mol. The van der Waals surface area contributed by atoms with Gasteiger partial charge in [-0.3, -0.25) is 4.79 Å². The van der Waals surface area contributed by atoms with Gasteiger partial charge in [-0.15, -0.1) is 12.4 Å². The largest absolute Gasteiger partial charge is 0.395 e. The lowest BCUT2D eigenvalue weighted by molar-refractivity contribution is 0.0966. The highest BCUT2D eigenvalue weighted by Crippen LogP contribution is 2.33. The molecule has 1 aliphatic heterocycles. The van der Waals surface area contributed by atoms with Gasteiger partial charge in [-0.2, -0.15) is 0 Å². The van der Waals surface area contributed by atoms with E-state index in [2.05, 4.69) is 58.9 Å². The number of nitrogens with one attached hydrogen (secondary N) is 3. The molecule has 0 saturated carbocycles. The van der Waals surface area contributed by atoms with Crippen molar-refractivity contribution >= 4 is 29.2 Å². The number of benzene rings is 2. The zero-order chi connectivity index (χ0) is 18.1. The van der Waals surface area contributed by atoms with E-state index in [0.717, 1.165) is 46.3 Å². The van der Waals surface area contributed by atoms with Gasteiger partial charge in [0.1, 0.15) is 0 Å². The summed E-state index contributed by atoms with van der Waals surface area (Å²) in [4.78, 5) is 15.8. The Kier molecular flexibility index (Phi) is 5.85. The SMILES string of the molecule is CCc1ccc(-c2cc3cc(CNCCO)ccc3[nH]2)c2c1CNC2=O.Cl. The summed E-state index contributed by atoms with van der Waals surface area (Å²) in [6, 6.07) is 12.6. The van der Waals surface area contributed by atoms with Crippen LogP contribution in [-0.2, 0) is 19.5 Å². The third-order valence-electron chi connectivity index (χ3n) is 5.04. The van der Waals surface area contributed by atoms with E-state index >= 15 is 0 Å². The predicted molar refractivity (Wildman–Crippen MR) is 110 cm³/mol. The Morgan fingerprint density at radius 1 is 1.19 bits per heavy atom. The first-order valence-electron chi connectivity index (χ1n) is 9.07. The standard InChI is InChI=1S/C21H23N3O2.ClH/c1-2-14-4-5-16(20-17(14)12-23-21(20)26)19-10-15-9-13(11-22-7-8-25)3-6-18(15)24-19;/h3-6,9-10,22,24-25H,2,7-8,11-12H2,1H3,(H,23,26);1H. The van der Waals surface area contributed by atoms with Gasteiger partial charge in [-0.25, -0.2) is 0 Å². The molecule has 3 aromatic rings. The summed E-state index contributed by atoms with van der Waals surface area (Å²) in [5.74, 6) is 0.0119. The Morgan fingerprint density at radius 2 is 2.04 bits per heavy atom. The van der Waals surface area contributed by atoms with Crippen molar-refractivity contribution in [3.05, 3.63) is 58.7 Å². The molecule has 2 aromatic carbocycles. The van der Waals surface area contributed by atoms with Crippen LogP contribution in [0.15, 0.2) is 36.4 Å². The van der Waals surface area contributed by atoms with Crippen molar-refractivity contribution in [3.63, 3.8) is 0 Å². The molecule has 1 aliphatic rings. The third-order valence-corrected chi connectivity index (χ3v) is 5.04.